The third-order valence-electron chi connectivity index (χ3n) is 5.75. The fourth-order valence-electron chi connectivity index (χ4n) is 3.80. The maximum absolute atomic E-state index is 13.6. The van der Waals surface area contributed by atoms with Crippen molar-refractivity contribution in [1.29, 1.82) is 0 Å². The fraction of sp³-hybridized carbons (Fsp3) is 0.138. The molecule has 0 aliphatic rings. The van der Waals surface area contributed by atoms with Gasteiger partial charge in [-0.1, -0.05) is 71.2 Å². The van der Waals surface area contributed by atoms with Crippen LogP contribution in [0.25, 0.3) is 0 Å². The van der Waals surface area contributed by atoms with Crippen molar-refractivity contribution < 1.29 is 13.2 Å². The third kappa shape index (κ3) is 7.11. The molecule has 0 aliphatic carbocycles. The van der Waals surface area contributed by atoms with Gasteiger partial charge in [0.15, 0.2) is 0 Å². The number of hydrogen-bond acceptors (Lipinski definition) is 4. The van der Waals surface area contributed by atoms with E-state index < -0.39 is 22.5 Å². The molecule has 0 radical (unpaired) electrons. The minimum absolute atomic E-state index is 0.0587. The minimum atomic E-state index is -4.09. The number of thioether (sulfide) groups is 1. The van der Waals surface area contributed by atoms with Gasteiger partial charge in [-0.15, -0.1) is 11.8 Å². The normalized spacial score (nSPS) is 11.3. The van der Waals surface area contributed by atoms with Crippen molar-refractivity contribution in [3.8, 4) is 0 Å². The highest BCUT2D eigenvalue weighted by molar-refractivity contribution is 7.98. The van der Waals surface area contributed by atoms with Gasteiger partial charge < -0.3 is 5.32 Å². The van der Waals surface area contributed by atoms with Gasteiger partial charge in [0.2, 0.25) is 5.91 Å². The van der Waals surface area contributed by atoms with E-state index in [0.29, 0.717) is 5.69 Å². The van der Waals surface area contributed by atoms with Crippen molar-refractivity contribution in [2.24, 2.45) is 0 Å². The molecule has 0 spiro atoms. The Morgan fingerprint density at radius 1 is 0.868 bits per heavy atom. The van der Waals surface area contributed by atoms with Gasteiger partial charge in [0.1, 0.15) is 6.54 Å². The Hall–Kier alpha value is -2.97. The Morgan fingerprint density at radius 2 is 1.53 bits per heavy atom. The number of halogens is 2. The van der Waals surface area contributed by atoms with E-state index >= 15 is 0 Å². The Kier molecular flexibility index (Phi) is 9.05. The maximum Gasteiger partial charge on any atom is 0.264 e. The molecule has 0 saturated carbocycles. The molecular formula is C29H26Cl2N2O3S2. The van der Waals surface area contributed by atoms with Crippen molar-refractivity contribution in [3.05, 3.63) is 118 Å². The summed E-state index contributed by atoms with van der Waals surface area (Å²) in [4.78, 5) is 14.4. The monoisotopic (exact) mass is 584 g/mol. The minimum Gasteiger partial charge on any atom is -0.324 e. The van der Waals surface area contributed by atoms with Gasteiger partial charge in [0, 0.05) is 26.4 Å². The first-order valence-corrected chi connectivity index (χ1v) is 14.9. The van der Waals surface area contributed by atoms with E-state index in [4.69, 9.17) is 23.2 Å². The van der Waals surface area contributed by atoms with Crippen LogP contribution in [0.4, 0.5) is 11.4 Å². The van der Waals surface area contributed by atoms with Crippen LogP contribution in [0.5, 0.6) is 0 Å². The molecule has 0 fully saturated rings. The van der Waals surface area contributed by atoms with E-state index in [1.165, 1.54) is 35.2 Å². The fourth-order valence-corrected chi connectivity index (χ4v) is 6.58. The molecule has 4 aromatic carbocycles. The quantitative estimate of drug-likeness (QED) is 0.204. The molecule has 196 valence electrons. The SMILES string of the molecule is Cc1ccc(S(=O)(=O)N(CC(=O)Nc2ccc(CSc3ccccc3)cc2C)c2cc(Cl)cc(Cl)c2)cc1. The van der Waals surface area contributed by atoms with E-state index in [2.05, 4.69) is 17.4 Å². The van der Waals surface area contributed by atoms with Gasteiger partial charge in [-0.3, -0.25) is 9.10 Å². The average molecular weight is 586 g/mol. The summed E-state index contributed by atoms with van der Waals surface area (Å²) in [5, 5.41) is 3.38. The van der Waals surface area contributed by atoms with E-state index in [-0.39, 0.29) is 20.6 Å². The number of aryl methyl sites for hydroxylation is 2. The molecule has 5 nitrogen and oxygen atoms in total. The van der Waals surface area contributed by atoms with Gasteiger partial charge in [0.05, 0.1) is 10.6 Å². The smallest absolute Gasteiger partial charge is 0.264 e. The van der Waals surface area contributed by atoms with E-state index in [9.17, 15) is 13.2 Å². The summed E-state index contributed by atoms with van der Waals surface area (Å²) in [6, 6.07) is 26.8. The molecule has 1 N–H and O–H groups in total. The number of amides is 1. The number of rotatable bonds is 9. The lowest BCUT2D eigenvalue weighted by molar-refractivity contribution is -0.114. The van der Waals surface area contributed by atoms with Crippen LogP contribution in [0.15, 0.2) is 101 Å². The summed E-state index contributed by atoms with van der Waals surface area (Å²) >= 11 is 14.1. The molecule has 4 aromatic rings. The van der Waals surface area contributed by atoms with Crippen LogP contribution in [-0.4, -0.2) is 20.9 Å². The number of carbonyl (C=O) groups is 1. The number of sulfonamides is 1. The van der Waals surface area contributed by atoms with Crippen molar-refractivity contribution in [2.75, 3.05) is 16.2 Å². The van der Waals surface area contributed by atoms with E-state index in [0.717, 1.165) is 26.7 Å². The number of benzene rings is 4. The molecule has 0 unspecified atom stereocenters. The number of anilines is 2. The Labute approximate surface area is 237 Å². The van der Waals surface area contributed by atoms with Crippen LogP contribution < -0.4 is 9.62 Å². The molecule has 0 bridgehead atoms. The molecule has 1 amide bonds. The van der Waals surface area contributed by atoms with Crippen LogP contribution in [-0.2, 0) is 20.6 Å². The van der Waals surface area contributed by atoms with Crippen molar-refractivity contribution in [1.82, 2.24) is 0 Å². The van der Waals surface area contributed by atoms with Crippen LogP contribution in [0.2, 0.25) is 10.0 Å². The van der Waals surface area contributed by atoms with Crippen LogP contribution in [0.1, 0.15) is 16.7 Å². The van der Waals surface area contributed by atoms with Gasteiger partial charge in [-0.05, 0) is 73.5 Å². The largest absolute Gasteiger partial charge is 0.324 e. The van der Waals surface area contributed by atoms with Crippen molar-refractivity contribution >= 4 is 62.3 Å². The number of hydrogen-bond donors (Lipinski definition) is 1. The lowest BCUT2D eigenvalue weighted by Crippen LogP contribution is -2.38. The molecule has 0 atom stereocenters. The lowest BCUT2D eigenvalue weighted by atomic mass is 10.1. The Morgan fingerprint density at radius 3 is 2.16 bits per heavy atom. The third-order valence-corrected chi connectivity index (χ3v) is 9.05. The summed E-state index contributed by atoms with van der Waals surface area (Å²) in [6.45, 7) is 3.31. The predicted octanol–water partition coefficient (Wildman–Crippen LogP) is 7.74. The highest BCUT2D eigenvalue weighted by Crippen LogP contribution is 2.30. The Balaban J connectivity index is 1.54. The number of carbonyl (C=O) groups excluding carboxylic acids is 1. The standard InChI is InChI=1S/C29H26Cl2N2O3S2/c1-20-8-11-27(12-9-20)38(35,36)33(25-16-23(30)15-24(31)17-25)18-29(34)32-28-13-10-22(14-21(28)2)19-37-26-6-4-3-5-7-26/h3-17H,18-19H2,1-2H3,(H,32,34). The second kappa shape index (κ2) is 12.3. The highest BCUT2D eigenvalue weighted by atomic mass is 35.5. The summed E-state index contributed by atoms with van der Waals surface area (Å²) in [6.07, 6.45) is 0. The van der Waals surface area contributed by atoms with Crippen molar-refractivity contribution in [3.63, 3.8) is 0 Å². The molecule has 0 heterocycles. The molecule has 0 aromatic heterocycles. The summed E-state index contributed by atoms with van der Waals surface area (Å²) < 4.78 is 28.2. The summed E-state index contributed by atoms with van der Waals surface area (Å²) in [5.74, 6) is 0.295. The first-order valence-electron chi connectivity index (χ1n) is 11.7. The number of nitrogens with one attached hydrogen (secondary N) is 1. The van der Waals surface area contributed by atoms with Gasteiger partial charge in [-0.2, -0.15) is 0 Å². The zero-order valence-corrected chi connectivity index (χ0v) is 24.0. The van der Waals surface area contributed by atoms with Gasteiger partial charge >= 0.3 is 0 Å². The van der Waals surface area contributed by atoms with E-state index in [1.807, 2.05) is 50.2 Å². The second-order valence-electron chi connectivity index (χ2n) is 8.75. The van der Waals surface area contributed by atoms with Crippen LogP contribution in [0.3, 0.4) is 0 Å². The topological polar surface area (TPSA) is 66.5 Å². The molecule has 0 aliphatic heterocycles. The van der Waals surface area contributed by atoms with Crippen LogP contribution in [0, 0.1) is 13.8 Å². The summed E-state index contributed by atoms with van der Waals surface area (Å²) in [5.41, 5.74) is 3.72. The molecule has 9 heteroatoms. The summed E-state index contributed by atoms with van der Waals surface area (Å²) in [7, 11) is -4.09. The molecule has 0 saturated heterocycles. The molecule has 38 heavy (non-hydrogen) atoms. The average Bonchev–Trinajstić information content (AvgIpc) is 2.87. The number of nitrogens with zero attached hydrogens (tertiary/aromatic N) is 1. The highest BCUT2D eigenvalue weighted by Gasteiger charge is 2.28. The zero-order valence-electron chi connectivity index (χ0n) is 20.8. The molecular weight excluding hydrogens is 559 g/mol. The predicted molar refractivity (Wildman–Crippen MR) is 158 cm³/mol. The lowest BCUT2D eigenvalue weighted by Gasteiger charge is -2.25. The van der Waals surface area contributed by atoms with Gasteiger partial charge in [0.25, 0.3) is 10.0 Å². The van der Waals surface area contributed by atoms with Crippen LogP contribution >= 0.6 is 35.0 Å². The van der Waals surface area contributed by atoms with Crippen molar-refractivity contribution in [2.45, 2.75) is 29.4 Å². The van der Waals surface area contributed by atoms with Gasteiger partial charge in [-0.25, -0.2) is 8.42 Å². The maximum atomic E-state index is 13.6. The first-order chi connectivity index (χ1) is 18.1. The Bertz CT molecular complexity index is 1520. The first kappa shape index (κ1) is 28.0. The second-order valence-corrected chi connectivity index (χ2v) is 12.5. The zero-order chi connectivity index (χ0) is 27.3. The molecule has 4 rings (SSSR count). The van der Waals surface area contributed by atoms with E-state index in [1.54, 1.807) is 23.9 Å².